The highest BCUT2D eigenvalue weighted by Crippen LogP contribution is 2.39. The molecule has 106 valence electrons. The van der Waals surface area contributed by atoms with Gasteiger partial charge in [0, 0.05) is 23.4 Å². The van der Waals surface area contributed by atoms with Crippen molar-refractivity contribution in [3.63, 3.8) is 0 Å². The quantitative estimate of drug-likeness (QED) is 0.718. The molecule has 0 spiro atoms. The van der Waals surface area contributed by atoms with Crippen LogP contribution in [0.25, 0.3) is 10.9 Å². The molecular weight excluding hydrogens is 274 g/mol. The first-order valence-corrected chi connectivity index (χ1v) is 6.26. The van der Waals surface area contributed by atoms with Gasteiger partial charge in [0.15, 0.2) is 0 Å². The second-order valence-corrected chi connectivity index (χ2v) is 5.06. The third-order valence-corrected chi connectivity index (χ3v) is 3.64. The Morgan fingerprint density at radius 1 is 1.25 bits per heavy atom. The lowest BCUT2D eigenvalue weighted by Gasteiger charge is -2.25. The highest BCUT2D eigenvalue weighted by Gasteiger charge is 2.37. The maximum atomic E-state index is 13.2. The van der Waals surface area contributed by atoms with E-state index in [1.54, 1.807) is 0 Å². The van der Waals surface area contributed by atoms with E-state index in [0.717, 1.165) is 0 Å². The molecule has 0 saturated carbocycles. The van der Waals surface area contributed by atoms with Crippen LogP contribution in [-0.2, 0) is 0 Å². The van der Waals surface area contributed by atoms with Crippen LogP contribution in [-0.4, -0.2) is 16.7 Å². The molecule has 1 aliphatic rings. The lowest BCUT2D eigenvalue weighted by Crippen LogP contribution is -2.25. The Hall–Kier alpha value is -1.85. The molecule has 0 fully saturated rings. The largest absolute Gasteiger partial charge is 0.389 e. The monoisotopic (exact) mass is 285 g/mol. The standard InChI is InChI=1S/C14H11F4NO/c15-10-2-3-11-9(5-10)6-12-8(7-14(16,17)18)1-4-13(20)19(11)12/h2-3,5-6,8H,1,4,7H2. The molecule has 1 atom stereocenters. The van der Waals surface area contributed by atoms with Gasteiger partial charge in [-0.15, -0.1) is 0 Å². The second kappa shape index (κ2) is 4.33. The predicted molar refractivity (Wildman–Crippen MR) is 65.2 cm³/mol. The zero-order valence-electron chi connectivity index (χ0n) is 10.4. The number of fused-ring (bicyclic) bond motifs is 3. The molecule has 3 rings (SSSR count). The summed E-state index contributed by atoms with van der Waals surface area (Å²) in [6.45, 7) is 0. The predicted octanol–water partition coefficient (Wildman–Crippen LogP) is 4.25. The van der Waals surface area contributed by atoms with Gasteiger partial charge in [-0.2, -0.15) is 13.2 Å². The van der Waals surface area contributed by atoms with Crippen molar-refractivity contribution in [3.05, 3.63) is 35.8 Å². The van der Waals surface area contributed by atoms with Crippen LogP contribution in [0.3, 0.4) is 0 Å². The molecule has 1 aromatic carbocycles. The number of benzene rings is 1. The molecule has 0 amide bonds. The van der Waals surface area contributed by atoms with Gasteiger partial charge >= 0.3 is 6.18 Å². The minimum atomic E-state index is -4.28. The molecule has 1 unspecified atom stereocenters. The van der Waals surface area contributed by atoms with Crippen LogP contribution in [0.1, 0.15) is 35.7 Å². The van der Waals surface area contributed by atoms with Crippen LogP contribution >= 0.6 is 0 Å². The number of carbonyl (C=O) groups excluding carboxylic acids is 1. The molecule has 1 aromatic heterocycles. The Labute approximate surface area is 112 Å². The van der Waals surface area contributed by atoms with Gasteiger partial charge in [0.05, 0.1) is 11.9 Å². The summed E-state index contributed by atoms with van der Waals surface area (Å²) in [5.74, 6) is -1.46. The van der Waals surface area contributed by atoms with Crippen LogP contribution < -0.4 is 0 Å². The first-order chi connectivity index (χ1) is 9.35. The number of nitrogens with zero attached hydrogens (tertiary/aromatic N) is 1. The maximum absolute atomic E-state index is 13.2. The fourth-order valence-corrected chi connectivity index (χ4v) is 2.83. The van der Waals surface area contributed by atoms with Gasteiger partial charge in [-0.1, -0.05) is 0 Å². The van der Waals surface area contributed by atoms with Crippen LogP contribution in [0, 0.1) is 5.82 Å². The summed E-state index contributed by atoms with van der Waals surface area (Å²) < 4.78 is 52.3. The number of rotatable bonds is 1. The first-order valence-electron chi connectivity index (χ1n) is 6.26. The second-order valence-electron chi connectivity index (χ2n) is 5.06. The molecule has 0 bridgehead atoms. The fraction of sp³-hybridized carbons (Fsp3) is 0.357. The van der Waals surface area contributed by atoms with Crippen molar-refractivity contribution in [3.8, 4) is 0 Å². The molecule has 6 heteroatoms. The minimum absolute atomic E-state index is 0.0783. The normalized spacial score (nSPS) is 19.4. The fourth-order valence-electron chi connectivity index (χ4n) is 2.83. The van der Waals surface area contributed by atoms with Crippen LogP contribution in [0.2, 0.25) is 0 Å². The van der Waals surface area contributed by atoms with Gasteiger partial charge in [-0.3, -0.25) is 9.36 Å². The summed E-state index contributed by atoms with van der Waals surface area (Å²) in [5.41, 5.74) is 0.803. The molecule has 20 heavy (non-hydrogen) atoms. The summed E-state index contributed by atoms with van der Waals surface area (Å²) in [6.07, 6.45) is -4.98. The van der Waals surface area contributed by atoms with E-state index in [2.05, 4.69) is 0 Å². The van der Waals surface area contributed by atoms with Crippen molar-refractivity contribution in [1.29, 1.82) is 0 Å². The Balaban J connectivity index is 2.14. The maximum Gasteiger partial charge on any atom is 0.389 e. The smallest absolute Gasteiger partial charge is 0.284 e. The third kappa shape index (κ3) is 2.19. The van der Waals surface area contributed by atoms with E-state index in [1.807, 2.05) is 0 Å². The summed E-state index contributed by atoms with van der Waals surface area (Å²) in [7, 11) is 0. The average molecular weight is 285 g/mol. The number of hydrogen-bond donors (Lipinski definition) is 0. The number of alkyl halides is 3. The molecule has 0 saturated heterocycles. The summed E-state index contributed by atoms with van der Waals surface area (Å²) in [5, 5.41) is 0.461. The van der Waals surface area contributed by atoms with Gasteiger partial charge in [0.1, 0.15) is 5.82 Å². The Bertz CT molecular complexity index is 686. The number of aromatic nitrogens is 1. The Kier molecular flexibility index (Phi) is 2.84. The highest BCUT2D eigenvalue weighted by molar-refractivity contribution is 5.94. The van der Waals surface area contributed by atoms with E-state index >= 15 is 0 Å². The van der Waals surface area contributed by atoms with E-state index in [1.165, 1.54) is 28.8 Å². The molecular formula is C14H11F4NO. The van der Waals surface area contributed by atoms with Gasteiger partial charge < -0.3 is 0 Å². The topological polar surface area (TPSA) is 22.0 Å². The van der Waals surface area contributed by atoms with Crippen molar-refractivity contribution in [2.24, 2.45) is 0 Å². The molecule has 2 nitrogen and oxygen atoms in total. The van der Waals surface area contributed by atoms with Crippen LogP contribution in [0.4, 0.5) is 17.6 Å². The van der Waals surface area contributed by atoms with Gasteiger partial charge in [-0.05, 0) is 30.7 Å². The van der Waals surface area contributed by atoms with Crippen LogP contribution in [0.5, 0.6) is 0 Å². The average Bonchev–Trinajstić information content (AvgIpc) is 2.70. The zero-order chi connectivity index (χ0) is 14.5. The summed E-state index contributed by atoms with van der Waals surface area (Å²) >= 11 is 0. The lowest BCUT2D eigenvalue weighted by molar-refractivity contribution is -0.139. The van der Waals surface area contributed by atoms with Gasteiger partial charge in [0.25, 0.3) is 0 Å². The van der Waals surface area contributed by atoms with Crippen molar-refractivity contribution in [2.75, 3.05) is 0 Å². The van der Waals surface area contributed by atoms with Crippen molar-refractivity contribution < 1.29 is 22.4 Å². The number of carbonyl (C=O) groups is 1. The highest BCUT2D eigenvalue weighted by atomic mass is 19.4. The molecule has 2 heterocycles. The van der Waals surface area contributed by atoms with Crippen molar-refractivity contribution in [2.45, 2.75) is 31.4 Å². The van der Waals surface area contributed by atoms with Gasteiger partial charge in [0.2, 0.25) is 5.91 Å². The number of halogens is 4. The van der Waals surface area contributed by atoms with E-state index in [4.69, 9.17) is 0 Å². The Morgan fingerprint density at radius 3 is 2.70 bits per heavy atom. The third-order valence-electron chi connectivity index (χ3n) is 3.64. The first kappa shape index (κ1) is 13.1. The molecule has 1 aliphatic heterocycles. The molecule has 0 aliphatic carbocycles. The molecule has 0 radical (unpaired) electrons. The summed E-state index contributed by atoms with van der Waals surface area (Å²) in [6, 6.07) is 5.36. The molecule has 0 N–H and O–H groups in total. The Morgan fingerprint density at radius 2 is 2.00 bits per heavy atom. The minimum Gasteiger partial charge on any atom is -0.284 e. The van der Waals surface area contributed by atoms with E-state index < -0.39 is 24.3 Å². The van der Waals surface area contributed by atoms with Crippen molar-refractivity contribution in [1.82, 2.24) is 4.57 Å². The zero-order valence-corrected chi connectivity index (χ0v) is 10.4. The van der Waals surface area contributed by atoms with Crippen molar-refractivity contribution >= 4 is 16.8 Å². The van der Waals surface area contributed by atoms with E-state index in [0.29, 0.717) is 16.6 Å². The molecule has 2 aromatic rings. The van der Waals surface area contributed by atoms with E-state index in [9.17, 15) is 22.4 Å². The van der Waals surface area contributed by atoms with Crippen LogP contribution in [0.15, 0.2) is 24.3 Å². The van der Waals surface area contributed by atoms with Gasteiger partial charge in [-0.25, -0.2) is 4.39 Å². The number of hydrogen-bond acceptors (Lipinski definition) is 1. The SMILES string of the molecule is O=C1CCC(CC(F)(F)F)c2cc3cc(F)ccc3n21. The lowest BCUT2D eigenvalue weighted by atomic mass is 9.92. The summed E-state index contributed by atoms with van der Waals surface area (Å²) in [4.78, 5) is 11.9. The van der Waals surface area contributed by atoms with E-state index in [-0.39, 0.29) is 18.7 Å².